The topological polar surface area (TPSA) is 61.2 Å². The first-order valence-electron chi connectivity index (χ1n) is 4.82. The highest BCUT2D eigenvalue weighted by molar-refractivity contribution is 5.72. The maximum atomic E-state index is 11.6. The molecule has 0 aliphatic rings. The number of para-hydroxylation sites is 2. The largest absolute Gasteiger partial charge is 0.420 e. The number of hydrogen-bond acceptors (Lipinski definition) is 4. The summed E-state index contributed by atoms with van der Waals surface area (Å²) in [7, 11) is 0. The quantitative estimate of drug-likeness (QED) is 0.653. The Balaban J connectivity index is 2.16. The van der Waals surface area contributed by atoms with Gasteiger partial charge in [-0.2, -0.15) is 0 Å². The molecule has 80 valence electrons. The van der Waals surface area contributed by atoms with Crippen LogP contribution in [0.25, 0.3) is 11.1 Å². The first kappa shape index (κ1) is 8.96. The summed E-state index contributed by atoms with van der Waals surface area (Å²) in [5.74, 6) is -0.385. The molecule has 0 unspecified atom stereocenters. The van der Waals surface area contributed by atoms with E-state index < -0.39 is 0 Å². The summed E-state index contributed by atoms with van der Waals surface area (Å²) in [5.41, 5.74) is 2.03. The van der Waals surface area contributed by atoms with Gasteiger partial charge in [0.15, 0.2) is 5.58 Å². The molecule has 16 heavy (non-hydrogen) atoms. The van der Waals surface area contributed by atoms with E-state index in [4.69, 9.17) is 8.94 Å². The maximum Gasteiger partial charge on any atom is 0.420 e. The van der Waals surface area contributed by atoms with Gasteiger partial charge >= 0.3 is 5.76 Å². The molecule has 5 nitrogen and oxygen atoms in total. The molecule has 5 heteroatoms. The van der Waals surface area contributed by atoms with E-state index >= 15 is 0 Å². The third-order valence-electron chi connectivity index (χ3n) is 2.39. The van der Waals surface area contributed by atoms with Gasteiger partial charge in [0.25, 0.3) is 0 Å². The molecule has 0 saturated carbocycles. The number of aromatic nitrogens is 2. The zero-order chi connectivity index (χ0) is 11.0. The third kappa shape index (κ3) is 1.33. The van der Waals surface area contributed by atoms with Crippen molar-refractivity contribution in [3.63, 3.8) is 0 Å². The zero-order valence-electron chi connectivity index (χ0n) is 8.29. The van der Waals surface area contributed by atoms with Gasteiger partial charge in [-0.25, -0.2) is 4.79 Å². The average molecular weight is 216 g/mol. The van der Waals surface area contributed by atoms with E-state index in [2.05, 4.69) is 5.16 Å². The molecule has 0 radical (unpaired) electrons. The van der Waals surface area contributed by atoms with Crippen molar-refractivity contribution in [2.24, 2.45) is 0 Å². The van der Waals surface area contributed by atoms with Crippen molar-refractivity contribution in [2.75, 3.05) is 0 Å². The monoisotopic (exact) mass is 216 g/mol. The predicted molar refractivity (Wildman–Crippen MR) is 56.1 cm³/mol. The molecule has 1 aromatic carbocycles. The molecule has 3 aromatic rings. The average Bonchev–Trinajstić information content (AvgIpc) is 2.89. The van der Waals surface area contributed by atoms with Gasteiger partial charge in [-0.1, -0.05) is 17.3 Å². The van der Waals surface area contributed by atoms with E-state index in [0.717, 1.165) is 5.52 Å². The van der Waals surface area contributed by atoms with Gasteiger partial charge < -0.3 is 8.94 Å². The number of oxazole rings is 1. The summed E-state index contributed by atoms with van der Waals surface area (Å²) in [6, 6.07) is 8.99. The molecule has 0 spiro atoms. The fourth-order valence-corrected chi connectivity index (χ4v) is 1.64. The Labute approximate surface area is 89.9 Å². The lowest BCUT2D eigenvalue weighted by Crippen LogP contribution is -2.14. The number of nitrogens with zero attached hydrogens (tertiary/aromatic N) is 2. The van der Waals surface area contributed by atoms with E-state index in [1.807, 2.05) is 18.2 Å². The van der Waals surface area contributed by atoms with Crippen LogP contribution >= 0.6 is 0 Å². The van der Waals surface area contributed by atoms with Gasteiger partial charge in [0, 0.05) is 6.07 Å². The lowest BCUT2D eigenvalue weighted by Gasteiger charge is -1.96. The van der Waals surface area contributed by atoms with Gasteiger partial charge in [0.2, 0.25) is 0 Å². The molecule has 0 saturated heterocycles. The van der Waals surface area contributed by atoms with Crippen LogP contribution in [0.1, 0.15) is 5.69 Å². The molecule has 0 aliphatic carbocycles. The van der Waals surface area contributed by atoms with Crippen molar-refractivity contribution < 1.29 is 8.94 Å². The highest BCUT2D eigenvalue weighted by atomic mass is 16.5. The van der Waals surface area contributed by atoms with Crippen LogP contribution in [0.5, 0.6) is 0 Å². The van der Waals surface area contributed by atoms with Gasteiger partial charge in [0.05, 0.1) is 12.1 Å². The van der Waals surface area contributed by atoms with Crippen LogP contribution in [0, 0.1) is 0 Å². The Morgan fingerprint density at radius 1 is 1.25 bits per heavy atom. The van der Waals surface area contributed by atoms with Gasteiger partial charge in [-0.15, -0.1) is 0 Å². The van der Waals surface area contributed by atoms with Crippen LogP contribution in [0.3, 0.4) is 0 Å². The Hall–Kier alpha value is -2.30. The van der Waals surface area contributed by atoms with Crippen LogP contribution in [0.15, 0.2) is 50.3 Å². The molecule has 3 rings (SSSR count). The Bertz CT molecular complexity index is 664. The van der Waals surface area contributed by atoms with Crippen molar-refractivity contribution in [1.82, 2.24) is 9.72 Å². The minimum atomic E-state index is -0.385. The summed E-state index contributed by atoms with van der Waals surface area (Å²) >= 11 is 0. The lowest BCUT2D eigenvalue weighted by molar-refractivity contribution is 0.408. The van der Waals surface area contributed by atoms with Crippen LogP contribution in [-0.4, -0.2) is 9.72 Å². The van der Waals surface area contributed by atoms with E-state index in [-0.39, 0.29) is 5.76 Å². The van der Waals surface area contributed by atoms with Crippen molar-refractivity contribution in [2.45, 2.75) is 6.54 Å². The van der Waals surface area contributed by atoms with Gasteiger partial charge in [0.1, 0.15) is 12.0 Å². The van der Waals surface area contributed by atoms with Gasteiger partial charge in [-0.05, 0) is 12.1 Å². The number of rotatable bonds is 2. The molecule has 0 atom stereocenters. The Morgan fingerprint density at radius 2 is 2.12 bits per heavy atom. The van der Waals surface area contributed by atoms with Crippen LogP contribution in [0.4, 0.5) is 0 Å². The molecule has 0 aliphatic heterocycles. The predicted octanol–water partition coefficient (Wildman–Crippen LogP) is 1.63. The van der Waals surface area contributed by atoms with Crippen LogP contribution in [-0.2, 0) is 6.54 Å². The van der Waals surface area contributed by atoms with Crippen molar-refractivity contribution in [3.8, 4) is 0 Å². The molecule has 2 heterocycles. The highest BCUT2D eigenvalue weighted by Gasteiger charge is 2.09. The highest BCUT2D eigenvalue weighted by Crippen LogP contribution is 2.12. The van der Waals surface area contributed by atoms with E-state index in [9.17, 15) is 4.79 Å². The van der Waals surface area contributed by atoms with Crippen LogP contribution < -0.4 is 5.76 Å². The Kier molecular flexibility index (Phi) is 1.89. The Morgan fingerprint density at radius 3 is 2.94 bits per heavy atom. The van der Waals surface area contributed by atoms with Crippen molar-refractivity contribution in [1.29, 1.82) is 0 Å². The smallest absolute Gasteiger partial charge is 0.408 e. The van der Waals surface area contributed by atoms with E-state index in [0.29, 0.717) is 17.8 Å². The first-order chi connectivity index (χ1) is 7.84. The summed E-state index contributed by atoms with van der Waals surface area (Å²) in [6.07, 6.45) is 1.47. The molecule has 0 bridgehead atoms. The standard InChI is InChI=1S/C11H8N2O3/c14-11-13(7-8-5-6-15-12-8)9-3-1-2-4-10(9)16-11/h1-6H,7H2. The normalized spacial score (nSPS) is 11.0. The van der Waals surface area contributed by atoms with E-state index in [1.165, 1.54) is 10.8 Å². The second kappa shape index (κ2) is 3.37. The molecule has 0 N–H and O–H groups in total. The van der Waals surface area contributed by atoms with Crippen LogP contribution in [0.2, 0.25) is 0 Å². The molecule has 0 fully saturated rings. The second-order valence-electron chi connectivity index (χ2n) is 3.41. The van der Waals surface area contributed by atoms with Crippen molar-refractivity contribution >= 4 is 11.1 Å². The first-order valence-corrected chi connectivity index (χ1v) is 4.82. The maximum absolute atomic E-state index is 11.6. The summed E-state index contributed by atoms with van der Waals surface area (Å²) < 4.78 is 11.3. The fraction of sp³-hybridized carbons (Fsp3) is 0.0909. The summed E-state index contributed by atoms with van der Waals surface area (Å²) in [6.45, 7) is 0.354. The molecular formula is C11H8N2O3. The van der Waals surface area contributed by atoms with Crippen molar-refractivity contribution in [3.05, 3.63) is 52.8 Å². The molecule has 2 aromatic heterocycles. The minimum absolute atomic E-state index is 0.354. The molecular weight excluding hydrogens is 208 g/mol. The molecule has 0 amide bonds. The fourth-order valence-electron chi connectivity index (χ4n) is 1.64. The number of hydrogen-bond donors (Lipinski definition) is 0. The zero-order valence-corrected chi connectivity index (χ0v) is 8.29. The third-order valence-corrected chi connectivity index (χ3v) is 2.39. The number of fused-ring (bicyclic) bond motifs is 1. The minimum Gasteiger partial charge on any atom is -0.408 e. The SMILES string of the molecule is O=c1oc2ccccc2n1Cc1ccon1. The van der Waals surface area contributed by atoms with E-state index in [1.54, 1.807) is 12.1 Å². The number of benzene rings is 1. The van der Waals surface area contributed by atoms with Gasteiger partial charge in [-0.3, -0.25) is 4.57 Å². The summed E-state index contributed by atoms with van der Waals surface area (Å²) in [4.78, 5) is 11.6. The summed E-state index contributed by atoms with van der Waals surface area (Å²) in [5, 5.41) is 3.76. The second-order valence-corrected chi connectivity index (χ2v) is 3.41. The lowest BCUT2D eigenvalue weighted by atomic mass is 10.3.